The molecule has 31 heavy (non-hydrogen) atoms. The lowest BCUT2D eigenvalue weighted by Crippen LogP contribution is -3.12. The summed E-state index contributed by atoms with van der Waals surface area (Å²) in [5.74, 6) is 1.60. The number of hydrogen-bond acceptors (Lipinski definition) is 5. The number of quaternary nitrogens is 1. The highest BCUT2D eigenvalue weighted by atomic mass is 16.5. The van der Waals surface area contributed by atoms with Gasteiger partial charge in [-0.05, 0) is 30.7 Å². The standard InChI is InChI=1S/C23H28N4O4/c1-4-5-12-27(14-21-25-18-9-7-6-8-17(18)23(29)26-21)15-22(28)24-16-10-11-19(30-2)20(13-16)31-3/h6-11,13H,4-5,12,14-15H2,1-3H3,(H,24,28)(H,25,26,29)/p+1. The van der Waals surface area contributed by atoms with Gasteiger partial charge in [-0.25, -0.2) is 4.98 Å². The second kappa shape index (κ2) is 10.6. The summed E-state index contributed by atoms with van der Waals surface area (Å²) in [6, 6.07) is 12.5. The second-order valence-corrected chi connectivity index (χ2v) is 7.35. The first-order valence-electron chi connectivity index (χ1n) is 10.4. The molecule has 0 aliphatic heterocycles. The van der Waals surface area contributed by atoms with Gasteiger partial charge in [-0.15, -0.1) is 0 Å². The van der Waals surface area contributed by atoms with E-state index in [2.05, 4.69) is 22.2 Å². The van der Waals surface area contributed by atoms with Crippen LogP contribution in [0.4, 0.5) is 5.69 Å². The van der Waals surface area contributed by atoms with Crippen molar-refractivity contribution in [2.24, 2.45) is 0 Å². The molecule has 2 aromatic carbocycles. The van der Waals surface area contributed by atoms with Crippen LogP contribution in [0.3, 0.4) is 0 Å². The first-order chi connectivity index (χ1) is 15.0. The Labute approximate surface area is 181 Å². The van der Waals surface area contributed by atoms with Crippen molar-refractivity contribution in [3.05, 3.63) is 58.6 Å². The summed E-state index contributed by atoms with van der Waals surface area (Å²) in [5, 5.41) is 3.48. The number of aromatic nitrogens is 2. The summed E-state index contributed by atoms with van der Waals surface area (Å²) >= 11 is 0. The Morgan fingerprint density at radius 1 is 1.13 bits per heavy atom. The third kappa shape index (κ3) is 5.82. The molecule has 164 valence electrons. The highest BCUT2D eigenvalue weighted by Crippen LogP contribution is 2.29. The Morgan fingerprint density at radius 2 is 1.90 bits per heavy atom. The molecule has 8 heteroatoms. The van der Waals surface area contributed by atoms with E-state index in [1.54, 1.807) is 38.5 Å². The van der Waals surface area contributed by atoms with Crippen LogP contribution in [0.25, 0.3) is 10.9 Å². The quantitative estimate of drug-likeness (QED) is 0.460. The van der Waals surface area contributed by atoms with Crippen molar-refractivity contribution in [3.63, 3.8) is 0 Å². The number of rotatable bonds is 10. The average Bonchev–Trinajstić information content (AvgIpc) is 2.77. The van der Waals surface area contributed by atoms with Gasteiger partial charge in [0, 0.05) is 11.8 Å². The summed E-state index contributed by atoms with van der Waals surface area (Å²) in [6.07, 6.45) is 1.99. The van der Waals surface area contributed by atoms with Crippen LogP contribution >= 0.6 is 0 Å². The zero-order valence-electron chi connectivity index (χ0n) is 18.2. The minimum atomic E-state index is -0.162. The first kappa shape index (κ1) is 22.3. The monoisotopic (exact) mass is 425 g/mol. The van der Waals surface area contributed by atoms with Crippen molar-refractivity contribution in [3.8, 4) is 11.5 Å². The molecule has 1 unspecified atom stereocenters. The first-order valence-corrected chi connectivity index (χ1v) is 10.4. The maximum Gasteiger partial charge on any atom is 0.279 e. The Balaban J connectivity index is 1.72. The number of nitrogens with one attached hydrogen (secondary N) is 3. The van der Waals surface area contributed by atoms with Gasteiger partial charge in [-0.1, -0.05) is 25.5 Å². The van der Waals surface area contributed by atoms with E-state index in [1.807, 2.05) is 18.2 Å². The van der Waals surface area contributed by atoms with Crippen LogP contribution in [0.2, 0.25) is 0 Å². The SMILES string of the molecule is CCCC[NH+](CC(=O)Nc1ccc(OC)c(OC)c1)Cc1nc2ccccc2c(=O)[nH]1. The van der Waals surface area contributed by atoms with Crippen molar-refractivity contribution < 1.29 is 19.2 Å². The Bertz CT molecular complexity index is 1100. The Morgan fingerprint density at radius 3 is 2.65 bits per heavy atom. The average molecular weight is 426 g/mol. The second-order valence-electron chi connectivity index (χ2n) is 7.35. The van der Waals surface area contributed by atoms with Crippen LogP contribution in [0.1, 0.15) is 25.6 Å². The number of ether oxygens (including phenoxy) is 2. The third-order valence-corrected chi connectivity index (χ3v) is 5.04. The van der Waals surface area contributed by atoms with E-state index in [9.17, 15) is 9.59 Å². The molecule has 3 N–H and O–H groups in total. The lowest BCUT2D eigenvalue weighted by atomic mass is 10.2. The maximum absolute atomic E-state index is 12.7. The van der Waals surface area contributed by atoms with E-state index in [1.165, 1.54) is 0 Å². The minimum Gasteiger partial charge on any atom is -0.493 e. The molecule has 0 bridgehead atoms. The van der Waals surface area contributed by atoms with Gasteiger partial charge in [-0.3, -0.25) is 9.59 Å². The van der Waals surface area contributed by atoms with Gasteiger partial charge < -0.3 is 24.7 Å². The number of aromatic amines is 1. The van der Waals surface area contributed by atoms with Crippen molar-refractivity contribution in [2.45, 2.75) is 26.3 Å². The number of nitrogens with zero attached hydrogens (tertiary/aromatic N) is 1. The summed E-state index contributed by atoms with van der Waals surface area (Å²) in [5.41, 5.74) is 1.13. The van der Waals surface area contributed by atoms with Gasteiger partial charge >= 0.3 is 0 Å². The molecule has 0 aliphatic rings. The number of H-pyrrole nitrogens is 1. The number of carbonyl (C=O) groups excluding carboxylic acids is 1. The number of hydrogen-bond donors (Lipinski definition) is 3. The molecule has 0 spiro atoms. The summed E-state index contributed by atoms with van der Waals surface area (Å²) in [4.78, 5) is 33.5. The highest BCUT2D eigenvalue weighted by Gasteiger charge is 2.17. The molecular weight excluding hydrogens is 396 g/mol. The van der Waals surface area contributed by atoms with Crippen molar-refractivity contribution in [1.29, 1.82) is 0 Å². The van der Waals surface area contributed by atoms with Crippen molar-refractivity contribution in [1.82, 2.24) is 9.97 Å². The maximum atomic E-state index is 12.7. The topological polar surface area (TPSA) is 97.8 Å². The minimum absolute atomic E-state index is 0.124. The number of carbonyl (C=O) groups is 1. The molecular formula is C23H29N4O4+. The predicted molar refractivity (Wildman–Crippen MR) is 120 cm³/mol. The smallest absolute Gasteiger partial charge is 0.279 e. The molecule has 0 saturated carbocycles. The fraction of sp³-hybridized carbons (Fsp3) is 0.348. The molecule has 0 fully saturated rings. The lowest BCUT2D eigenvalue weighted by Gasteiger charge is -2.19. The number of para-hydroxylation sites is 1. The largest absolute Gasteiger partial charge is 0.493 e. The fourth-order valence-electron chi connectivity index (χ4n) is 3.47. The Kier molecular flexibility index (Phi) is 7.61. The van der Waals surface area contributed by atoms with Crippen LogP contribution in [0, 0.1) is 0 Å². The molecule has 1 atom stereocenters. The van der Waals surface area contributed by atoms with Gasteiger partial charge in [0.25, 0.3) is 11.5 Å². The molecule has 0 saturated heterocycles. The molecule has 0 aliphatic carbocycles. The van der Waals surface area contributed by atoms with E-state index in [0.717, 1.165) is 24.3 Å². The number of fused-ring (bicyclic) bond motifs is 1. The van der Waals surface area contributed by atoms with E-state index >= 15 is 0 Å². The van der Waals surface area contributed by atoms with E-state index in [0.29, 0.717) is 40.5 Å². The van der Waals surface area contributed by atoms with Crippen LogP contribution in [-0.4, -0.2) is 43.2 Å². The van der Waals surface area contributed by atoms with E-state index in [-0.39, 0.29) is 18.0 Å². The normalized spacial score (nSPS) is 11.8. The molecule has 1 heterocycles. The molecule has 1 aromatic heterocycles. The molecule has 0 radical (unpaired) electrons. The van der Waals surface area contributed by atoms with Gasteiger partial charge in [0.15, 0.2) is 23.9 Å². The van der Waals surface area contributed by atoms with E-state index in [4.69, 9.17) is 9.47 Å². The van der Waals surface area contributed by atoms with Crippen LogP contribution in [0.5, 0.6) is 11.5 Å². The fourth-order valence-corrected chi connectivity index (χ4v) is 3.47. The summed E-state index contributed by atoms with van der Waals surface area (Å²) in [7, 11) is 3.12. The predicted octanol–water partition coefficient (Wildman–Crippen LogP) is 1.76. The number of anilines is 1. The number of amides is 1. The van der Waals surface area contributed by atoms with Crippen molar-refractivity contribution in [2.75, 3.05) is 32.6 Å². The summed E-state index contributed by atoms with van der Waals surface area (Å²) < 4.78 is 10.5. The number of methoxy groups -OCH3 is 2. The Hall–Kier alpha value is -3.39. The van der Waals surface area contributed by atoms with Crippen LogP contribution in [-0.2, 0) is 11.3 Å². The molecule has 3 aromatic rings. The molecule has 1 amide bonds. The number of benzene rings is 2. The van der Waals surface area contributed by atoms with Gasteiger partial charge in [-0.2, -0.15) is 0 Å². The highest BCUT2D eigenvalue weighted by molar-refractivity contribution is 5.91. The van der Waals surface area contributed by atoms with Gasteiger partial charge in [0.05, 0.1) is 31.7 Å². The molecule has 3 rings (SSSR count). The van der Waals surface area contributed by atoms with Crippen LogP contribution in [0.15, 0.2) is 47.3 Å². The zero-order chi connectivity index (χ0) is 22.2. The van der Waals surface area contributed by atoms with Crippen LogP contribution < -0.4 is 25.2 Å². The van der Waals surface area contributed by atoms with Gasteiger partial charge in [0.2, 0.25) is 0 Å². The number of unbranched alkanes of at least 4 members (excludes halogenated alkanes) is 1. The van der Waals surface area contributed by atoms with E-state index < -0.39 is 0 Å². The lowest BCUT2D eigenvalue weighted by molar-refractivity contribution is -0.906. The molecule has 8 nitrogen and oxygen atoms in total. The van der Waals surface area contributed by atoms with Crippen molar-refractivity contribution >= 4 is 22.5 Å². The summed E-state index contributed by atoms with van der Waals surface area (Å²) in [6.45, 7) is 3.62. The zero-order valence-corrected chi connectivity index (χ0v) is 18.2. The van der Waals surface area contributed by atoms with Gasteiger partial charge in [0.1, 0.15) is 6.54 Å². The third-order valence-electron chi connectivity index (χ3n) is 5.04.